The molecule has 1 aromatic rings. The van der Waals surface area contributed by atoms with E-state index in [1.807, 2.05) is 12.1 Å². The van der Waals surface area contributed by atoms with Crippen molar-refractivity contribution in [3.63, 3.8) is 0 Å². The first-order valence-electron chi connectivity index (χ1n) is 8.41. The van der Waals surface area contributed by atoms with Crippen LogP contribution < -0.4 is 5.32 Å². The third-order valence-corrected chi connectivity index (χ3v) is 5.45. The van der Waals surface area contributed by atoms with E-state index in [4.69, 9.17) is 4.74 Å². The first-order valence-corrected chi connectivity index (χ1v) is 9.23. The fourth-order valence-corrected chi connectivity index (χ4v) is 4.18. The Hall–Kier alpha value is -0.760. The third kappa shape index (κ3) is 4.88. The van der Waals surface area contributed by atoms with Gasteiger partial charge in [0.1, 0.15) is 0 Å². The van der Waals surface area contributed by atoms with Gasteiger partial charge in [-0.15, -0.1) is 0 Å². The molecule has 7 heteroatoms. The van der Waals surface area contributed by atoms with Crippen LogP contribution in [0, 0.1) is 5.92 Å². The number of benzene rings is 1. The Kier molecular flexibility index (Phi) is 6.07. The van der Waals surface area contributed by atoms with Gasteiger partial charge in [-0.2, -0.15) is 13.2 Å². The molecule has 2 aliphatic heterocycles. The van der Waals surface area contributed by atoms with Crippen LogP contribution in [0.25, 0.3) is 0 Å². The molecule has 0 radical (unpaired) electrons. The van der Waals surface area contributed by atoms with Gasteiger partial charge in [0, 0.05) is 50.3 Å². The molecule has 0 bridgehead atoms. The van der Waals surface area contributed by atoms with Crippen molar-refractivity contribution >= 4 is 11.8 Å². The summed E-state index contributed by atoms with van der Waals surface area (Å²) in [5.41, 5.74) is -3.12. The van der Waals surface area contributed by atoms with Crippen molar-refractivity contribution in [1.29, 1.82) is 0 Å². The molecule has 24 heavy (non-hydrogen) atoms. The van der Waals surface area contributed by atoms with E-state index < -0.39 is 5.51 Å². The maximum absolute atomic E-state index is 12.5. The summed E-state index contributed by atoms with van der Waals surface area (Å²) in [5.74, 6) is 0.498. The number of ether oxygens (including phenoxy) is 1. The molecule has 2 fully saturated rings. The average Bonchev–Trinajstić information content (AvgIpc) is 2.57. The number of rotatable bonds is 4. The van der Waals surface area contributed by atoms with Crippen LogP contribution in [-0.2, 0) is 4.74 Å². The molecule has 2 aliphatic rings. The van der Waals surface area contributed by atoms with Crippen molar-refractivity contribution in [1.82, 2.24) is 10.2 Å². The minimum atomic E-state index is -4.24. The summed E-state index contributed by atoms with van der Waals surface area (Å²) in [4.78, 5) is 2.72. The lowest BCUT2D eigenvalue weighted by Crippen LogP contribution is -2.47. The van der Waals surface area contributed by atoms with Gasteiger partial charge in [0.05, 0.1) is 0 Å². The highest BCUT2D eigenvalue weighted by Crippen LogP contribution is 2.39. The van der Waals surface area contributed by atoms with Crippen molar-refractivity contribution in [3.05, 3.63) is 29.8 Å². The molecular formula is C17H23F3N2OS. The van der Waals surface area contributed by atoms with Gasteiger partial charge in [-0.05, 0) is 48.2 Å². The number of piperazine rings is 1. The van der Waals surface area contributed by atoms with Crippen molar-refractivity contribution in [2.75, 3.05) is 39.4 Å². The topological polar surface area (TPSA) is 24.5 Å². The predicted octanol–water partition coefficient (Wildman–Crippen LogP) is 3.67. The van der Waals surface area contributed by atoms with Gasteiger partial charge in [-0.3, -0.25) is 4.90 Å². The summed E-state index contributed by atoms with van der Waals surface area (Å²) in [6.07, 6.45) is 2.02. The SMILES string of the molecule is FC(F)(F)Sc1ccc([C@@H](C2CCOCC2)N2CCNCC2)cc1. The van der Waals surface area contributed by atoms with Crippen LogP contribution in [0.5, 0.6) is 0 Å². The number of thioether (sulfide) groups is 1. The molecule has 1 atom stereocenters. The predicted molar refractivity (Wildman–Crippen MR) is 89.1 cm³/mol. The summed E-state index contributed by atoms with van der Waals surface area (Å²) >= 11 is -0.0513. The van der Waals surface area contributed by atoms with Gasteiger partial charge in [0.2, 0.25) is 0 Å². The van der Waals surface area contributed by atoms with Crippen LogP contribution in [-0.4, -0.2) is 49.8 Å². The third-order valence-electron chi connectivity index (χ3n) is 4.71. The first kappa shape index (κ1) is 18.0. The van der Waals surface area contributed by atoms with Gasteiger partial charge in [-0.1, -0.05) is 12.1 Å². The van der Waals surface area contributed by atoms with E-state index in [1.165, 1.54) is 0 Å². The van der Waals surface area contributed by atoms with Crippen LogP contribution in [0.15, 0.2) is 29.2 Å². The number of alkyl halides is 3. The molecule has 1 aromatic carbocycles. The Balaban J connectivity index is 1.78. The highest BCUT2D eigenvalue weighted by molar-refractivity contribution is 8.00. The zero-order valence-corrected chi connectivity index (χ0v) is 14.3. The van der Waals surface area contributed by atoms with Gasteiger partial charge in [0.15, 0.2) is 0 Å². The zero-order valence-electron chi connectivity index (χ0n) is 13.5. The van der Waals surface area contributed by atoms with Crippen LogP contribution >= 0.6 is 11.8 Å². The molecular weight excluding hydrogens is 337 g/mol. The second-order valence-corrected chi connectivity index (χ2v) is 7.44. The maximum atomic E-state index is 12.5. The number of hydrogen-bond donors (Lipinski definition) is 1. The van der Waals surface area contributed by atoms with Gasteiger partial charge in [-0.25, -0.2) is 0 Å². The van der Waals surface area contributed by atoms with E-state index in [0.717, 1.165) is 57.8 Å². The molecule has 2 saturated heterocycles. The van der Waals surface area contributed by atoms with Crippen molar-refractivity contribution in [2.45, 2.75) is 29.3 Å². The molecule has 0 saturated carbocycles. The quantitative estimate of drug-likeness (QED) is 0.828. The molecule has 0 amide bonds. The normalized spacial score (nSPS) is 22.5. The Morgan fingerprint density at radius 2 is 1.71 bits per heavy atom. The van der Waals surface area contributed by atoms with Crippen LogP contribution in [0.1, 0.15) is 24.4 Å². The molecule has 0 spiro atoms. The minimum absolute atomic E-state index is 0.0513. The van der Waals surface area contributed by atoms with Crippen LogP contribution in [0.3, 0.4) is 0 Å². The summed E-state index contributed by atoms with van der Waals surface area (Å²) in [5, 5.41) is 3.36. The number of halogens is 3. The maximum Gasteiger partial charge on any atom is 0.446 e. The fourth-order valence-electron chi connectivity index (χ4n) is 3.64. The second-order valence-electron chi connectivity index (χ2n) is 6.30. The van der Waals surface area contributed by atoms with E-state index in [1.54, 1.807) is 12.1 Å². The molecule has 0 aliphatic carbocycles. The molecule has 0 aromatic heterocycles. The van der Waals surface area contributed by atoms with Gasteiger partial charge >= 0.3 is 5.51 Å². The van der Waals surface area contributed by atoms with E-state index >= 15 is 0 Å². The minimum Gasteiger partial charge on any atom is -0.381 e. The Morgan fingerprint density at radius 1 is 1.08 bits per heavy atom. The monoisotopic (exact) mass is 360 g/mol. The lowest BCUT2D eigenvalue weighted by Gasteiger charge is -2.41. The van der Waals surface area contributed by atoms with Crippen LogP contribution in [0.2, 0.25) is 0 Å². The fraction of sp³-hybridized carbons (Fsp3) is 0.647. The Bertz CT molecular complexity index is 494. The summed E-state index contributed by atoms with van der Waals surface area (Å²) < 4.78 is 43.0. The largest absolute Gasteiger partial charge is 0.446 e. The van der Waals surface area contributed by atoms with Crippen LogP contribution in [0.4, 0.5) is 13.2 Å². The van der Waals surface area contributed by atoms with E-state index in [2.05, 4.69) is 10.2 Å². The summed E-state index contributed by atoms with van der Waals surface area (Å²) in [6, 6.07) is 7.21. The highest BCUT2D eigenvalue weighted by atomic mass is 32.2. The molecule has 3 rings (SSSR count). The van der Waals surface area contributed by atoms with Gasteiger partial charge < -0.3 is 10.1 Å². The Morgan fingerprint density at radius 3 is 2.29 bits per heavy atom. The number of nitrogens with zero attached hydrogens (tertiary/aromatic N) is 1. The van der Waals surface area contributed by atoms with E-state index in [-0.39, 0.29) is 22.7 Å². The highest BCUT2D eigenvalue weighted by Gasteiger charge is 2.32. The number of hydrogen-bond acceptors (Lipinski definition) is 4. The van der Waals surface area contributed by atoms with E-state index in [9.17, 15) is 13.2 Å². The van der Waals surface area contributed by atoms with Crippen molar-refractivity contribution in [2.24, 2.45) is 5.92 Å². The molecule has 134 valence electrons. The zero-order chi connectivity index (χ0) is 17.0. The molecule has 0 unspecified atom stereocenters. The van der Waals surface area contributed by atoms with Gasteiger partial charge in [0.25, 0.3) is 0 Å². The molecule has 3 nitrogen and oxygen atoms in total. The smallest absolute Gasteiger partial charge is 0.381 e. The Labute approximate surface area is 144 Å². The summed E-state index contributed by atoms with van der Waals surface area (Å²) in [7, 11) is 0. The average molecular weight is 360 g/mol. The standard InChI is InChI=1S/C17H23F3N2OS/c18-17(19,20)24-15-3-1-13(2-4-15)16(14-5-11-23-12-6-14)22-9-7-21-8-10-22/h1-4,14,16,21H,5-12H2/t16-/m0/s1. The van der Waals surface area contributed by atoms with Crippen molar-refractivity contribution < 1.29 is 17.9 Å². The first-order chi connectivity index (χ1) is 11.5. The molecule has 2 heterocycles. The lowest BCUT2D eigenvalue weighted by atomic mass is 9.85. The second kappa shape index (κ2) is 8.08. The lowest BCUT2D eigenvalue weighted by molar-refractivity contribution is -0.0328. The van der Waals surface area contributed by atoms with Crippen molar-refractivity contribution in [3.8, 4) is 0 Å². The number of nitrogens with one attached hydrogen (secondary N) is 1. The van der Waals surface area contributed by atoms with E-state index in [0.29, 0.717) is 5.92 Å². The summed E-state index contributed by atoms with van der Waals surface area (Å²) in [6.45, 7) is 5.41. The molecule has 1 N–H and O–H groups in total.